The Hall–Kier alpha value is -3.96. The van der Waals surface area contributed by atoms with Crippen molar-refractivity contribution in [3.05, 3.63) is 65.7 Å². The Morgan fingerprint density at radius 1 is 0.795 bits per heavy atom. The molecule has 11 nitrogen and oxygen atoms in total. The summed E-state index contributed by atoms with van der Waals surface area (Å²) in [5.74, 6) is -3.73. The number of amides is 3. The smallest absolute Gasteiger partial charge is 0.326 e. The van der Waals surface area contributed by atoms with Gasteiger partial charge in [0, 0.05) is 6.42 Å². The first-order valence-electron chi connectivity index (χ1n) is 12.8. The van der Waals surface area contributed by atoms with E-state index in [1.54, 1.807) is 56.3 Å². The van der Waals surface area contributed by atoms with E-state index in [2.05, 4.69) is 16.0 Å². The predicted molar refractivity (Wildman–Crippen MR) is 144 cm³/mol. The highest BCUT2D eigenvalue weighted by Gasteiger charge is 2.33. The third-order valence-electron chi connectivity index (χ3n) is 6.48. The van der Waals surface area contributed by atoms with Gasteiger partial charge in [0.2, 0.25) is 17.7 Å². The largest absolute Gasteiger partial charge is 0.508 e. The number of aliphatic hydroxyl groups excluding tert-OH is 1. The van der Waals surface area contributed by atoms with Crippen LogP contribution in [0.1, 0.15) is 38.3 Å². The van der Waals surface area contributed by atoms with Gasteiger partial charge < -0.3 is 37.0 Å². The number of carbonyl (C=O) groups is 4. The van der Waals surface area contributed by atoms with Crippen molar-refractivity contribution in [2.24, 2.45) is 11.7 Å². The molecule has 0 fully saturated rings. The summed E-state index contributed by atoms with van der Waals surface area (Å²) in [6, 6.07) is 10.1. The molecule has 2 rings (SSSR count). The molecule has 212 valence electrons. The number of carboxylic acids is 1. The van der Waals surface area contributed by atoms with Gasteiger partial charge in [-0.1, -0.05) is 62.7 Å². The van der Waals surface area contributed by atoms with Crippen LogP contribution in [0.2, 0.25) is 0 Å². The normalized spacial score (nSPS) is 15.6. The fourth-order valence-corrected chi connectivity index (χ4v) is 3.90. The molecule has 3 amide bonds. The maximum Gasteiger partial charge on any atom is 0.326 e. The molecule has 0 heterocycles. The fraction of sp³-hybridized carbons (Fsp3) is 0.429. The van der Waals surface area contributed by atoms with Crippen molar-refractivity contribution in [2.75, 3.05) is 0 Å². The molecule has 2 aromatic carbocycles. The van der Waals surface area contributed by atoms with E-state index >= 15 is 0 Å². The molecule has 2 aromatic rings. The molecule has 0 saturated heterocycles. The highest BCUT2D eigenvalue weighted by molar-refractivity contribution is 5.94. The minimum Gasteiger partial charge on any atom is -0.508 e. The molecule has 0 aliphatic heterocycles. The molecule has 6 atom stereocenters. The zero-order chi connectivity index (χ0) is 29.1. The van der Waals surface area contributed by atoms with Gasteiger partial charge in [-0.15, -0.1) is 0 Å². The number of hydrogen-bond acceptors (Lipinski definition) is 7. The first kappa shape index (κ1) is 31.3. The van der Waals surface area contributed by atoms with Crippen molar-refractivity contribution in [2.45, 2.75) is 70.3 Å². The second-order valence-electron chi connectivity index (χ2n) is 9.66. The van der Waals surface area contributed by atoms with E-state index in [1.807, 2.05) is 0 Å². The van der Waals surface area contributed by atoms with Crippen LogP contribution in [0.3, 0.4) is 0 Å². The average Bonchev–Trinajstić information content (AvgIpc) is 2.90. The van der Waals surface area contributed by atoms with Crippen molar-refractivity contribution in [1.29, 1.82) is 0 Å². The van der Waals surface area contributed by atoms with Gasteiger partial charge in [-0.25, -0.2) is 4.79 Å². The minimum absolute atomic E-state index is 0.0477. The Balaban J connectivity index is 2.18. The zero-order valence-electron chi connectivity index (χ0n) is 22.3. The van der Waals surface area contributed by atoms with Gasteiger partial charge in [0.25, 0.3) is 0 Å². The lowest BCUT2D eigenvalue weighted by Gasteiger charge is -2.27. The summed E-state index contributed by atoms with van der Waals surface area (Å²) in [5, 5.41) is 36.8. The van der Waals surface area contributed by atoms with Crippen LogP contribution in [-0.4, -0.2) is 69.3 Å². The molecule has 6 unspecified atom stereocenters. The fourth-order valence-electron chi connectivity index (χ4n) is 3.90. The Morgan fingerprint density at radius 3 is 1.90 bits per heavy atom. The Kier molecular flexibility index (Phi) is 11.9. The third-order valence-corrected chi connectivity index (χ3v) is 6.48. The number of benzene rings is 2. The Labute approximate surface area is 227 Å². The summed E-state index contributed by atoms with van der Waals surface area (Å²) in [6.07, 6.45) is -0.660. The van der Waals surface area contributed by atoms with E-state index in [0.717, 1.165) is 0 Å². The van der Waals surface area contributed by atoms with Gasteiger partial charge in [0.05, 0.1) is 12.1 Å². The molecule has 0 bridgehead atoms. The molecule has 0 aliphatic carbocycles. The van der Waals surface area contributed by atoms with E-state index < -0.39 is 54.0 Å². The van der Waals surface area contributed by atoms with Gasteiger partial charge >= 0.3 is 5.97 Å². The van der Waals surface area contributed by atoms with Gasteiger partial charge in [0.1, 0.15) is 23.9 Å². The number of rotatable bonds is 14. The molecule has 0 saturated carbocycles. The topological polar surface area (TPSA) is 191 Å². The number of aromatic hydroxyl groups is 1. The molecular formula is C28H38N4O7. The van der Waals surface area contributed by atoms with E-state index in [4.69, 9.17) is 5.73 Å². The van der Waals surface area contributed by atoms with Crippen molar-refractivity contribution in [1.82, 2.24) is 16.0 Å². The number of hydrogen-bond donors (Lipinski definition) is 7. The molecule has 0 aliphatic rings. The molecular weight excluding hydrogens is 504 g/mol. The van der Waals surface area contributed by atoms with E-state index in [9.17, 15) is 34.5 Å². The first-order valence-corrected chi connectivity index (χ1v) is 12.8. The third kappa shape index (κ3) is 9.69. The second-order valence-corrected chi connectivity index (χ2v) is 9.66. The molecule has 0 aromatic heterocycles. The maximum atomic E-state index is 13.2. The lowest BCUT2D eigenvalue weighted by Crippen LogP contribution is -2.60. The maximum absolute atomic E-state index is 13.2. The Morgan fingerprint density at radius 2 is 1.36 bits per heavy atom. The second kappa shape index (κ2) is 14.8. The van der Waals surface area contributed by atoms with Gasteiger partial charge in [-0.05, 0) is 42.5 Å². The number of nitrogens with two attached hydrogens (primary N) is 1. The number of carbonyl (C=O) groups excluding carboxylic acids is 3. The summed E-state index contributed by atoms with van der Waals surface area (Å²) in [6.45, 7) is 4.81. The molecule has 0 radical (unpaired) electrons. The quantitative estimate of drug-likeness (QED) is 0.179. The van der Waals surface area contributed by atoms with Crippen LogP contribution < -0.4 is 21.7 Å². The van der Waals surface area contributed by atoms with Gasteiger partial charge in [-0.2, -0.15) is 0 Å². The van der Waals surface area contributed by atoms with Crippen LogP contribution in [0, 0.1) is 5.92 Å². The van der Waals surface area contributed by atoms with E-state index in [0.29, 0.717) is 17.5 Å². The molecule has 8 N–H and O–H groups in total. The number of nitrogens with one attached hydrogen (secondary N) is 3. The van der Waals surface area contributed by atoms with Gasteiger partial charge in [0.15, 0.2) is 0 Å². The predicted octanol–water partition coefficient (Wildman–Crippen LogP) is 0.471. The Bertz CT molecular complexity index is 1110. The van der Waals surface area contributed by atoms with Crippen LogP contribution in [0.5, 0.6) is 5.75 Å². The van der Waals surface area contributed by atoms with Crippen LogP contribution in [0.25, 0.3) is 0 Å². The first-order chi connectivity index (χ1) is 18.4. The van der Waals surface area contributed by atoms with E-state index in [-0.39, 0.29) is 24.5 Å². The molecule has 0 spiro atoms. The van der Waals surface area contributed by atoms with Crippen molar-refractivity contribution < 1.29 is 34.5 Å². The van der Waals surface area contributed by atoms with Crippen LogP contribution in [-0.2, 0) is 32.0 Å². The summed E-state index contributed by atoms with van der Waals surface area (Å²) >= 11 is 0. The minimum atomic E-state index is -1.43. The standard InChI is InChI=1S/C28H38N4O7/c1-4-16(2)23(28(38)39)31-26(36)22(15-18-8-6-5-7-9-18)30-27(37)24(17(3)33)32-25(35)21(29)14-19-10-12-20(34)13-11-19/h5-13,16-17,21-24,33-34H,4,14-15,29H2,1-3H3,(H,30,37)(H,31,36)(H,32,35)(H,38,39). The van der Waals surface area contributed by atoms with E-state index in [1.165, 1.54) is 19.1 Å². The van der Waals surface area contributed by atoms with Crippen molar-refractivity contribution >= 4 is 23.7 Å². The number of aliphatic hydroxyl groups is 1. The average molecular weight is 543 g/mol. The van der Waals surface area contributed by atoms with Crippen LogP contribution in [0.4, 0.5) is 0 Å². The highest BCUT2D eigenvalue weighted by Crippen LogP contribution is 2.12. The monoisotopic (exact) mass is 542 g/mol. The van der Waals surface area contributed by atoms with Crippen LogP contribution >= 0.6 is 0 Å². The molecule has 11 heteroatoms. The SMILES string of the molecule is CCC(C)C(NC(=O)C(Cc1ccccc1)NC(=O)C(NC(=O)C(N)Cc1ccc(O)cc1)C(C)O)C(=O)O. The van der Waals surface area contributed by atoms with Gasteiger partial charge in [-0.3, -0.25) is 14.4 Å². The lowest BCUT2D eigenvalue weighted by atomic mass is 9.98. The van der Waals surface area contributed by atoms with Crippen LogP contribution in [0.15, 0.2) is 54.6 Å². The summed E-state index contributed by atoms with van der Waals surface area (Å²) in [4.78, 5) is 50.9. The summed E-state index contributed by atoms with van der Waals surface area (Å²) in [7, 11) is 0. The zero-order valence-corrected chi connectivity index (χ0v) is 22.3. The lowest BCUT2D eigenvalue weighted by molar-refractivity contribution is -0.144. The number of phenols is 1. The molecule has 39 heavy (non-hydrogen) atoms. The highest BCUT2D eigenvalue weighted by atomic mass is 16.4. The van der Waals surface area contributed by atoms with Crippen molar-refractivity contribution in [3.63, 3.8) is 0 Å². The summed E-state index contributed by atoms with van der Waals surface area (Å²) in [5.41, 5.74) is 7.40. The summed E-state index contributed by atoms with van der Waals surface area (Å²) < 4.78 is 0. The van der Waals surface area contributed by atoms with Crippen molar-refractivity contribution in [3.8, 4) is 5.75 Å². The number of carboxylic acid groups (broad SMARTS) is 1. The number of phenolic OH excluding ortho intramolecular Hbond substituents is 1. The number of aliphatic carboxylic acids is 1.